The lowest BCUT2D eigenvalue weighted by Crippen LogP contribution is -2.22. The first-order chi connectivity index (χ1) is 6.77. The molecule has 0 bridgehead atoms. The Balaban J connectivity index is 2.13. The lowest BCUT2D eigenvalue weighted by atomic mass is 9.96. The van der Waals surface area contributed by atoms with Gasteiger partial charge in [-0.25, -0.2) is 0 Å². The van der Waals surface area contributed by atoms with E-state index >= 15 is 0 Å². The fraction of sp³-hybridized carbons (Fsp3) is 0.545. The maximum absolute atomic E-state index is 6.13. The first kappa shape index (κ1) is 9.62. The van der Waals surface area contributed by atoms with E-state index in [0.29, 0.717) is 5.92 Å². The van der Waals surface area contributed by atoms with Crippen molar-refractivity contribution >= 4 is 0 Å². The van der Waals surface area contributed by atoms with Gasteiger partial charge in [0.1, 0.15) is 0 Å². The van der Waals surface area contributed by atoms with E-state index in [1.807, 2.05) is 12.3 Å². The van der Waals surface area contributed by atoms with Crippen LogP contribution in [0.15, 0.2) is 18.3 Å². The Morgan fingerprint density at radius 3 is 3.14 bits per heavy atom. The third-order valence-corrected chi connectivity index (χ3v) is 2.75. The lowest BCUT2D eigenvalue weighted by Gasteiger charge is -2.16. The Bertz CT molecular complexity index is 308. The molecule has 2 rings (SSSR count). The average Bonchev–Trinajstić information content (AvgIpc) is 2.69. The number of nitrogens with two attached hydrogens (primary N) is 1. The van der Waals surface area contributed by atoms with Crippen molar-refractivity contribution in [3.63, 3.8) is 0 Å². The molecular weight excluding hydrogens is 176 g/mol. The predicted octanol–water partition coefficient (Wildman–Crippen LogP) is 1.43. The minimum Gasteiger partial charge on any atom is -0.381 e. The highest BCUT2D eigenvalue weighted by molar-refractivity contribution is 5.17. The van der Waals surface area contributed by atoms with Crippen LogP contribution in [0.25, 0.3) is 0 Å². The van der Waals surface area contributed by atoms with Crippen molar-refractivity contribution in [2.45, 2.75) is 19.4 Å². The summed E-state index contributed by atoms with van der Waals surface area (Å²) in [5.41, 5.74) is 8.33. The van der Waals surface area contributed by atoms with Crippen molar-refractivity contribution in [2.75, 3.05) is 13.2 Å². The van der Waals surface area contributed by atoms with E-state index in [1.54, 1.807) is 0 Å². The highest BCUT2D eigenvalue weighted by Crippen LogP contribution is 2.25. The molecule has 2 unspecified atom stereocenters. The summed E-state index contributed by atoms with van der Waals surface area (Å²) in [5.74, 6) is 0.435. The van der Waals surface area contributed by atoms with E-state index in [-0.39, 0.29) is 6.04 Å². The Morgan fingerprint density at radius 1 is 1.64 bits per heavy atom. The Morgan fingerprint density at radius 2 is 2.50 bits per heavy atom. The van der Waals surface area contributed by atoms with Gasteiger partial charge >= 0.3 is 0 Å². The van der Waals surface area contributed by atoms with Gasteiger partial charge in [-0.1, -0.05) is 0 Å². The molecule has 0 saturated carbocycles. The second kappa shape index (κ2) is 4.07. The molecule has 0 aliphatic carbocycles. The van der Waals surface area contributed by atoms with Crippen LogP contribution in [0.5, 0.6) is 0 Å². The van der Waals surface area contributed by atoms with Crippen molar-refractivity contribution in [2.24, 2.45) is 11.7 Å². The molecule has 1 aliphatic rings. The molecule has 76 valence electrons. The lowest BCUT2D eigenvalue weighted by molar-refractivity contribution is 0.180. The number of hydrogen-bond acceptors (Lipinski definition) is 3. The van der Waals surface area contributed by atoms with Crippen LogP contribution in [-0.2, 0) is 4.74 Å². The highest BCUT2D eigenvalue weighted by Gasteiger charge is 2.24. The third-order valence-electron chi connectivity index (χ3n) is 2.75. The maximum Gasteiger partial charge on any atom is 0.0577 e. The average molecular weight is 192 g/mol. The van der Waals surface area contributed by atoms with E-state index < -0.39 is 0 Å². The number of pyridine rings is 1. The van der Waals surface area contributed by atoms with Crippen molar-refractivity contribution in [3.05, 3.63) is 29.6 Å². The van der Waals surface area contributed by atoms with Gasteiger partial charge in [-0.3, -0.25) is 4.98 Å². The molecule has 1 fully saturated rings. The summed E-state index contributed by atoms with van der Waals surface area (Å²) in [6, 6.07) is 4.07. The minimum absolute atomic E-state index is 0.0254. The molecule has 1 aliphatic heterocycles. The van der Waals surface area contributed by atoms with Gasteiger partial charge in [0.15, 0.2) is 0 Å². The van der Waals surface area contributed by atoms with Crippen LogP contribution in [0.2, 0.25) is 0 Å². The Kier molecular flexibility index (Phi) is 2.79. The molecule has 3 nitrogen and oxygen atoms in total. The molecule has 1 aromatic rings. The summed E-state index contributed by atoms with van der Waals surface area (Å²) >= 11 is 0. The number of nitrogens with zero attached hydrogens (tertiary/aromatic N) is 1. The summed E-state index contributed by atoms with van der Waals surface area (Å²) in [4.78, 5) is 4.30. The van der Waals surface area contributed by atoms with E-state index in [1.165, 1.54) is 5.56 Å². The van der Waals surface area contributed by atoms with Gasteiger partial charge in [0.2, 0.25) is 0 Å². The zero-order chi connectivity index (χ0) is 9.97. The van der Waals surface area contributed by atoms with E-state index in [4.69, 9.17) is 10.5 Å². The van der Waals surface area contributed by atoms with Gasteiger partial charge in [-0.15, -0.1) is 0 Å². The fourth-order valence-electron chi connectivity index (χ4n) is 1.82. The van der Waals surface area contributed by atoms with Crippen molar-refractivity contribution < 1.29 is 4.74 Å². The normalized spacial score (nSPS) is 23.7. The Labute approximate surface area is 84.3 Å². The molecule has 1 aromatic heterocycles. The van der Waals surface area contributed by atoms with Crippen LogP contribution in [0.1, 0.15) is 23.7 Å². The molecule has 0 spiro atoms. The molecule has 0 radical (unpaired) electrons. The summed E-state index contributed by atoms with van der Waals surface area (Å²) in [6.07, 6.45) is 2.87. The smallest absolute Gasteiger partial charge is 0.0577 e. The topological polar surface area (TPSA) is 48.1 Å². The largest absolute Gasteiger partial charge is 0.381 e. The first-order valence-corrected chi connectivity index (χ1v) is 5.03. The third kappa shape index (κ3) is 1.94. The van der Waals surface area contributed by atoms with Gasteiger partial charge in [0, 0.05) is 18.7 Å². The van der Waals surface area contributed by atoms with Crippen LogP contribution in [0.4, 0.5) is 0 Å². The number of aromatic nitrogens is 1. The molecule has 2 atom stereocenters. The van der Waals surface area contributed by atoms with Gasteiger partial charge in [0.05, 0.1) is 18.3 Å². The summed E-state index contributed by atoms with van der Waals surface area (Å²) in [6.45, 7) is 3.67. The van der Waals surface area contributed by atoms with Crippen molar-refractivity contribution in [3.8, 4) is 0 Å². The van der Waals surface area contributed by atoms with Gasteiger partial charge in [0.25, 0.3) is 0 Å². The second-order valence-corrected chi connectivity index (χ2v) is 3.91. The van der Waals surface area contributed by atoms with Crippen LogP contribution in [0, 0.1) is 12.8 Å². The fourth-order valence-corrected chi connectivity index (χ4v) is 1.82. The maximum atomic E-state index is 6.13. The molecule has 0 amide bonds. The number of rotatable bonds is 2. The van der Waals surface area contributed by atoms with Crippen LogP contribution in [0.3, 0.4) is 0 Å². The van der Waals surface area contributed by atoms with E-state index in [2.05, 4.69) is 18.0 Å². The molecule has 2 heterocycles. The monoisotopic (exact) mass is 192 g/mol. The zero-order valence-electron chi connectivity index (χ0n) is 8.44. The van der Waals surface area contributed by atoms with Gasteiger partial charge in [-0.2, -0.15) is 0 Å². The first-order valence-electron chi connectivity index (χ1n) is 5.03. The molecular formula is C11H16N2O. The van der Waals surface area contributed by atoms with Crippen LogP contribution in [-0.4, -0.2) is 18.2 Å². The van der Waals surface area contributed by atoms with Gasteiger partial charge < -0.3 is 10.5 Å². The Hall–Kier alpha value is -0.930. The van der Waals surface area contributed by atoms with Crippen LogP contribution < -0.4 is 5.73 Å². The summed E-state index contributed by atoms with van der Waals surface area (Å²) < 4.78 is 5.32. The molecule has 3 heteroatoms. The predicted molar refractivity (Wildman–Crippen MR) is 54.8 cm³/mol. The zero-order valence-corrected chi connectivity index (χ0v) is 8.44. The standard InChI is InChI=1S/C11H16N2O/c1-8-2-4-13-10(6-8)11(12)9-3-5-14-7-9/h2,4,6,9,11H,3,5,7,12H2,1H3. The van der Waals surface area contributed by atoms with Gasteiger partial charge in [-0.05, 0) is 31.0 Å². The number of hydrogen-bond donors (Lipinski definition) is 1. The number of aryl methyl sites for hydroxylation is 1. The molecule has 0 aromatic carbocycles. The summed E-state index contributed by atoms with van der Waals surface area (Å²) in [5, 5.41) is 0. The summed E-state index contributed by atoms with van der Waals surface area (Å²) in [7, 11) is 0. The molecule has 2 N–H and O–H groups in total. The van der Waals surface area contributed by atoms with Crippen molar-refractivity contribution in [1.82, 2.24) is 4.98 Å². The highest BCUT2D eigenvalue weighted by atomic mass is 16.5. The minimum atomic E-state index is 0.0254. The quantitative estimate of drug-likeness (QED) is 0.771. The van der Waals surface area contributed by atoms with Crippen LogP contribution >= 0.6 is 0 Å². The molecule has 1 saturated heterocycles. The molecule has 14 heavy (non-hydrogen) atoms. The van der Waals surface area contributed by atoms with Crippen molar-refractivity contribution in [1.29, 1.82) is 0 Å². The SMILES string of the molecule is Cc1ccnc(C(N)C2CCOC2)c1. The van der Waals surface area contributed by atoms with E-state index in [9.17, 15) is 0 Å². The number of ether oxygens (including phenoxy) is 1. The second-order valence-electron chi connectivity index (χ2n) is 3.91. The van der Waals surface area contributed by atoms with E-state index in [0.717, 1.165) is 25.3 Å².